The van der Waals surface area contributed by atoms with Gasteiger partial charge < -0.3 is 15.4 Å². The topological polar surface area (TPSA) is 67.4 Å². The van der Waals surface area contributed by atoms with Crippen LogP contribution in [0.4, 0.5) is 5.69 Å². The fraction of sp³-hybridized carbons (Fsp3) is 0.375. The van der Waals surface area contributed by atoms with E-state index >= 15 is 0 Å². The first-order chi connectivity index (χ1) is 10.2. The van der Waals surface area contributed by atoms with Crippen molar-refractivity contribution < 1.29 is 14.3 Å². The summed E-state index contributed by atoms with van der Waals surface area (Å²) in [5.41, 5.74) is 1.12. The van der Waals surface area contributed by atoms with Gasteiger partial charge in [0.25, 0.3) is 0 Å². The molecule has 1 aromatic carbocycles. The smallest absolute Gasteiger partial charge is 0.338 e. The summed E-state index contributed by atoms with van der Waals surface area (Å²) in [6, 6.07) is 6.54. The number of hydrogen-bond acceptors (Lipinski definition) is 4. The SMILES string of the molecule is C=CCOC(=O)c1ccc(NC(=O)C2CCCCN2)cc1. The fourth-order valence-corrected chi connectivity index (χ4v) is 2.21. The molecule has 0 spiro atoms. The Morgan fingerprint density at radius 3 is 2.71 bits per heavy atom. The molecule has 1 amide bonds. The Morgan fingerprint density at radius 2 is 2.10 bits per heavy atom. The van der Waals surface area contributed by atoms with Crippen LogP contribution in [0.3, 0.4) is 0 Å². The van der Waals surface area contributed by atoms with Crippen LogP contribution < -0.4 is 10.6 Å². The minimum absolute atomic E-state index is 0.0308. The maximum atomic E-state index is 12.1. The molecule has 1 heterocycles. The van der Waals surface area contributed by atoms with E-state index in [2.05, 4.69) is 17.2 Å². The van der Waals surface area contributed by atoms with Gasteiger partial charge >= 0.3 is 5.97 Å². The van der Waals surface area contributed by atoms with Gasteiger partial charge in [0.05, 0.1) is 11.6 Å². The third-order valence-corrected chi connectivity index (χ3v) is 3.35. The Kier molecular flexibility index (Phi) is 5.51. The van der Waals surface area contributed by atoms with E-state index in [-0.39, 0.29) is 18.6 Å². The highest BCUT2D eigenvalue weighted by atomic mass is 16.5. The lowest BCUT2D eigenvalue weighted by Gasteiger charge is -2.22. The summed E-state index contributed by atoms with van der Waals surface area (Å²) in [6.45, 7) is 4.55. The minimum atomic E-state index is -0.401. The molecular formula is C16H20N2O3. The third kappa shape index (κ3) is 4.43. The summed E-state index contributed by atoms with van der Waals surface area (Å²) in [7, 11) is 0. The van der Waals surface area contributed by atoms with Crippen LogP contribution in [0.15, 0.2) is 36.9 Å². The molecule has 0 aromatic heterocycles. The number of amides is 1. The molecular weight excluding hydrogens is 268 g/mol. The zero-order chi connectivity index (χ0) is 15.1. The molecule has 0 aliphatic carbocycles. The summed E-state index contributed by atoms with van der Waals surface area (Å²) in [5.74, 6) is -0.432. The molecule has 1 aliphatic rings. The molecule has 0 saturated carbocycles. The molecule has 1 saturated heterocycles. The number of carbonyl (C=O) groups excluding carboxylic acids is 2. The first-order valence-corrected chi connectivity index (χ1v) is 7.13. The number of carbonyl (C=O) groups is 2. The number of esters is 1. The van der Waals surface area contributed by atoms with Gasteiger partial charge in [-0.1, -0.05) is 19.1 Å². The molecule has 1 atom stereocenters. The molecule has 0 bridgehead atoms. The van der Waals surface area contributed by atoms with Gasteiger partial charge in [0.2, 0.25) is 5.91 Å². The summed E-state index contributed by atoms with van der Waals surface area (Å²) in [5, 5.41) is 6.05. The standard InChI is InChI=1S/C16H20N2O3/c1-2-11-21-16(20)12-6-8-13(9-7-12)18-15(19)14-5-3-4-10-17-14/h2,6-9,14,17H,1,3-5,10-11H2,(H,18,19). The van der Waals surface area contributed by atoms with Gasteiger partial charge in [0, 0.05) is 5.69 Å². The van der Waals surface area contributed by atoms with Crippen LogP contribution >= 0.6 is 0 Å². The van der Waals surface area contributed by atoms with Gasteiger partial charge in [-0.2, -0.15) is 0 Å². The molecule has 2 N–H and O–H groups in total. The van der Waals surface area contributed by atoms with Crippen LogP contribution in [0, 0.1) is 0 Å². The molecule has 1 aliphatic heterocycles. The Morgan fingerprint density at radius 1 is 1.33 bits per heavy atom. The molecule has 1 fully saturated rings. The third-order valence-electron chi connectivity index (χ3n) is 3.35. The van der Waals surface area contributed by atoms with Gasteiger partial charge in [-0.15, -0.1) is 0 Å². The summed E-state index contributed by atoms with van der Waals surface area (Å²) >= 11 is 0. The average Bonchev–Trinajstić information content (AvgIpc) is 2.54. The maximum absolute atomic E-state index is 12.1. The van der Waals surface area contributed by atoms with Crippen molar-refractivity contribution in [2.45, 2.75) is 25.3 Å². The van der Waals surface area contributed by atoms with Crippen LogP contribution in [0.2, 0.25) is 0 Å². The van der Waals surface area contributed by atoms with E-state index in [9.17, 15) is 9.59 Å². The number of ether oxygens (including phenoxy) is 1. The number of hydrogen-bond donors (Lipinski definition) is 2. The number of piperidine rings is 1. The Labute approximate surface area is 124 Å². The second-order valence-electron chi connectivity index (χ2n) is 4.96. The zero-order valence-electron chi connectivity index (χ0n) is 11.9. The average molecular weight is 288 g/mol. The predicted octanol–water partition coefficient (Wildman–Crippen LogP) is 2.11. The highest BCUT2D eigenvalue weighted by Gasteiger charge is 2.20. The highest BCUT2D eigenvalue weighted by molar-refractivity contribution is 5.95. The quantitative estimate of drug-likeness (QED) is 0.643. The maximum Gasteiger partial charge on any atom is 0.338 e. The van der Waals surface area contributed by atoms with Gasteiger partial charge in [0.1, 0.15) is 6.61 Å². The van der Waals surface area contributed by atoms with Crippen molar-refractivity contribution in [3.8, 4) is 0 Å². The van der Waals surface area contributed by atoms with E-state index in [1.54, 1.807) is 24.3 Å². The molecule has 112 valence electrons. The second-order valence-corrected chi connectivity index (χ2v) is 4.96. The van der Waals surface area contributed by atoms with Gasteiger partial charge in [-0.05, 0) is 43.7 Å². The van der Waals surface area contributed by atoms with Crippen LogP contribution in [-0.2, 0) is 9.53 Å². The first-order valence-electron chi connectivity index (χ1n) is 7.13. The van der Waals surface area contributed by atoms with E-state index < -0.39 is 5.97 Å². The van der Waals surface area contributed by atoms with Gasteiger partial charge in [-0.25, -0.2) is 4.79 Å². The fourth-order valence-electron chi connectivity index (χ4n) is 2.21. The van der Waals surface area contributed by atoms with Crippen molar-refractivity contribution in [3.63, 3.8) is 0 Å². The largest absolute Gasteiger partial charge is 0.458 e. The van der Waals surface area contributed by atoms with Gasteiger partial charge in [0.15, 0.2) is 0 Å². The summed E-state index contributed by atoms with van der Waals surface area (Å²) < 4.78 is 4.94. The number of benzene rings is 1. The lowest BCUT2D eigenvalue weighted by molar-refractivity contribution is -0.118. The van der Waals surface area contributed by atoms with E-state index in [1.165, 1.54) is 6.08 Å². The first kappa shape index (κ1) is 15.3. The Hall–Kier alpha value is -2.14. The normalized spacial score (nSPS) is 17.8. The second kappa shape index (κ2) is 7.59. The lowest BCUT2D eigenvalue weighted by atomic mass is 10.0. The van der Waals surface area contributed by atoms with Crippen LogP contribution in [-0.4, -0.2) is 31.1 Å². The van der Waals surface area contributed by atoms with Gasteiger partial charge in [-0.3, -0.25) is 4.79 Å². The van der Waals surface area contributed by atoms with Crippen LogP contribution in [0.1, 0.15) is 29.6 Å². The monoisotopic (exact) mass is 288 g/mol. The van der Waals surface area contributed by atoms with Crippen LogP contribution in [0.5, 0.6) is 0 Å². The van der Waals surface area contributed by atoms with E-state index in [0.29, 0.717) is 11.3 Å². The molecule has 5 nitrogen and oxygen atoms in total. The summed E-state index contributed by atoms with van der Waals surface area (Å²) in [4.78, 5) is 23.7. The number of rotatable bonds is 5. The molecule has 2 rings (SSSR count). The molecule has 21 heavy (non-hydrogen) atoms. The van der Waals surface area contributed by atoms with Crippen molar-refractivity contribution in [1.29, 1.82) is 0 Å². The van der Waals surface area contributed by atoms with Crippen molar-refractivity contribution in [2.24, 2.45) is 0 Å². The predicted molar refractivity (Wildman–Crippen MR) is 81.2 cm³/mol. The van der Waals surface area contributed by atoms with Crippen molar-refractivity contribution in [2.75, 3.05) is 18.5 Å². The summed E-state index contributed by atoms with van der Waals surface area (Å²) in [6.07, 6.45) is 4.56. The number of anilines is 1. The van der Waals surface area contributed by atoms with Crippen LogP contribution in [0.25, 0.3) is 0 Å². The molecule has 1 unspecified atom stereocenters. The van der Waals surface area contributed by atoms with E-state index in [0.717, 1.165) is 25.8 Å². The molecule has 0 radical (unpaired) electrons. The Balaban J connectivity index is 1.91. The highest BCUT2D eigenvalue weighted by Crippen LogP contribution is 2.13. The minimum Gasteiger partial charge on any atom is -0.458 e. The van der Waals surface area contributed by atoms with Crippen molar-refractivity contribution in [3.05, 3.63) is 42.5 Å². The number of nitrogens with one attached hydrogen (secondary N) is 2. The molecule has 1 aromatic rings. The zero-order valence-corrected chi connectivity index (χ0v) is 11.9. The van der Waals surface area contributed by atoms with Crippen molar-refractivity contribution >= 4 is 17.6 Å². The van der Waals surface area contributed by atoms with E-state index in [1.807, 2.05) is 0 Å². The van der Waals surface area contributed by atoms with E-state index in [4.69, 9.17) is 4.74 Å². The lowest BCUT2D eigenvalue weighted by Crippen LogP contribution is -2.43. The molecule has 5 heteroatoms. The van der Waals surface area contributed by atoms with Crippen molar-refractivity contribution in [1.82, 2.24) is 5.32 Å². The Bertz CT molecular complexity index is 505.